The van der Waals surface area contributed by atoms with E-state index in [1.165, 1.54) is 0 Å². The minimum Gasteiger partial charge on any atom is -0.549 e. The number of hydrogen-bond acceptors (Lipinski definition) is 4. The molecule has 2 aromatic carbocycles. The van der Waals surface area contributed by atoms with E-state index < -0.39 is 11.4 Å². The maximum absolute atomic E-state index is 11.3. The summed E-state index contributed by atoms with van der Waals surface area (Å²) in [6.07, 6.45) is 0. The van der Waals surface area contributed by atoms with Gasteiger partial charge in [-0.15, -0.1) is 0 Å². The Morgan fingerprint density at radius 1 is 1.22 bits per heavy atom. The second-order valence-corrected chi connectivity index (χ2v) is 8.27. The number of ether oxygens (including phenoxy) is 1. The first-order valence-electron chi connectivity index (χ1n) is 6.50. The monoisotopic (exact) mass is 553 g/mol. The van der Waals surface area contributed by atoms with Crippen molar-refractivity contribution in [1.29, 1.82) is 0 Å². The Morgan fingerprint density at radius 2 is 1.78 bits per heavy atom. The molecule has 0 bridgehead atoms. The predicted octanol–water partition coefficient (Wildman–Crippen LogP) is 4.34. The molecule has 4 nitrogen and oxygen atoms in total. The maximum Gasteiger partial charge on any atom is 0.155 e. The van der Waals surface area contributed by atoms with E-state index in [4.69, 9.17) is 4.74 Å². The summed E-state index contributed by atoms with van der Waals surface area (Å²) < 4.78 is 7.72. The largest absolute Gasteiger partial charge is 0.549 e. The molecule has 1 N–H and O–H groups in total. The molecule has 0 unspecified atom stereocenters. The van der Waals surface area contributed by atoms with E-state index in [9.17, 15) is 15.0 Å². The number of carbonyl (C=O) groups excluding carboxylic acids is 1. The van der Waals surface area contributed by atoms with Crippen molar-refractivity contribution in [3.8, 4) is 17.2 Å². The average molecular weight is 555 g/mol. The summed E-state index contributed by atoms with van der Waals surface area (Å²) in [5.74, 6) is 0.102. The molecule has 0 saturated heterocycles. The van der Waals surface area contributed by atoms with E-state index in [1.54, 1.807) is 44.2 Å². The van der Waals surface area contributed by atoms with Gasteiger partial charge in [0.15, 0.2) is 5.75 Å². The third kappa shape index (κ3) is 4.00. The van der Waals surface area contributed by atoms with Crippen LogP contribution >= 0.6 is 54.5 Å². The smallest absolute Gasteiger partial charge is 0.155 e. The quantitative estimate of drug-likeness (QED) is 0.571. The van der Waals surface area contributed by atoms with Gasteiger partial charge in [0.05, 0.1) is 18.5 Å². The van der Waals surface area contributed by atoms with Crippen LogP contribution in [0.15, 0.2) is 39.3 Å². The first-order valence-corrected chi connectivity index (χ1v) is 9.16. The van der Waals surface area contributed by atoms with Gasteiger partial charge in [0.2, 0.25) is 0 Å². The minimum absolute atomic E-state index is 0.183. The van der Waals surface area contributed by atoms with Crippen molar-refractivity contribution in [1.82, 2.24) is 0 Å². The van der Waals surface area contributed by atoms with Crippen LogP contribution in [-0.4, -0.2) is 11.1 Å². The van der Waals surface area contributed by atoms with Crippen LogP contribution in [0.1, 0.15) is 19.4 Å². The Morgan fingerprint density at radius 3 is 2.26 bits per heavy atom. The van der Waals surface area contributed by atoms with E-state index in [-0.39, 0.29) is 5.75 Å². The van der Waals surface area contributed by atoms with Gasteiger partial charge < -0.3 is 19.7 Å². The molecule has 23 heavy (non-hydrogen) atoms. The van der Waals surface area contributed by atoms with Crippen molar-refractivity contribution < 1.29 is 19.7 Å². The molecule has 0 amide bonds. The van der Waals surface area contributed by atoms with Crippen molar-refractivity contribution in [2.45, 2.75) is 19.3 Å². The van der Waals surface area contributed by atoms with Crippen LogP contribution in [0.25, 0.3) is 0 Å². The molecule has 2 aromatic rings. The van der Waals surface area contributed by atoms with Gasteiger partial charge in [-0.2, -0.15) is 0 Å². The highest BCUT2D eigenvalue weighted by molar-refractivity contribution is 14.1. The summed E-state index contributed by atoms with van der Waals surface area (Å²) in [5, 5.41) is 20.8. The zero-order valence-corrected chi connectivity index (χ0v) is 17.5. The molecule has 0 aromatic heterocycles. The second-order valence-electron chi connectivity index (χ2n) is 5.40. The first kappa shape index (κ1) is 18.5. The highest BCUT2D eigenvalue weighted by atomic mass is 127. The number of rotatable bonds is 4. The minimum atomic E-state index is -1.15. The number of halogens is 3. The molecular formula is C16H12Br2IO4-. The highest BCUT2D eigenvalue weighted by Gasteiger charge is 2.24. The summed E-state index contributed by atoms with van der Waals surface area (Å²) in [5.41, 5.74) is -0.541. The van der Waals surface area contributed by atoms with Crippen molar-refractivity contribution in [3.05, 3.63) is 48.4 Å². The van der Waals surface area contributed by atoms with Crippen LogP contribution in [0, 0.1) is 3.57 Å². The Hall–Kier alpha value is -0.800. The fraction of sp³-hybridized carbons (Fsp3) is 0.188. The number of benzene rings is 2. The summed E-state index contributed by atoms with van der Waals surface area (Å²) >= 11 is 8.83. The Labute approximate surface area is 164 Å². The van der Waals surface area contributed by atoms with Gasteiger partial charge in [0.1, 0.15) is 11.5 Å². The summed E-state index contributed by atoms with van der Waals surface area (Å²) in [6.45, 7) is 3.17. The molecule has 0 fully saturated rings. The normalized spacial score (nSPS) is 11.3. The lowest BCUT2D eigenvalue weighted by Crippen LogP contribution is -2.41. The van der Waals surface area contributed by atoms with Gasteiger partial charge in [0, 0.05) is 5.41 Å². The summed E-state index contributed by atoms with van der Waals surface area (Å²) in [4.78, 5) is 11.3. The Balaban J connectivity index is 2.41. The molecule has 7 heteroatoms. The van der Waals surface area contributed by atoms with Crippen molar-refractivity contribution >= 4 is 60.4 Å². The molecule has 0 aliphatic carbocycles. The Bertz CT molecular complexity index is 752. The number of carbonyl (C=O) groups is 1. The Kier molecular flexibility index (Phi) is 5.63. The average Bonchev–Trinajstić information content (AvgIpc) is 2.46. The van der Waals surface area contributed by atoms with Gasteiger partial charge in [-0.25, -0.2) is 0 Å². The fourth-order valence-corrected chi connectivity index (χ4v) is 3.64. The molecule has 0 atom stereocenters. The highest BCUT2D eigenvalue weighted by Crippen LogP contribution is 2.41. The maximum atomic E-state index is 11.3. The number of phenolic OH excluding ortho intramolecular Hbond substituents is 1. The van der Waals surface area contributed by atoms with Gasteiger partial charge in [-0.05, 0) is 90.3 Å². The standard InChI is InChI=1S/C16H13Br2IO4/c1-16(2,15(21)22)8-5-10(17)14(11(18)6-8)23-9-3-4-13(20)12(19)7-9/h3-7,20H,1-2H3,(H,21,22)/p-1. The van der Waals surface area contributed by atoms with Gasteiger partial charge in [-0.1, -0.05) is 13.8 Å². The van der Waals surface area contributed by atoms with Crippen LogP contribution in [-0.2, 0) is 10.2 Å². The molecule has 122 valence electrons. The molecule has 2 rings (SSSR count). The SMILES string of the molecule is CC(C)(C(=O)[O-])c1cc(Br)c(Oc2ccc(O)c(I)c2)c(Br)c1. The summed E-state index contributed by atoms with van der Waals surface area (Å²) in [7, 11) is 0. The zero-order chi connectivity index (χ0) is 17.4. The van der Waals surface area contributed by atoms with Gasteiger partial charge in [0.25, 0.3) is 0 Å². The lowest BCUT2D eigenvalue weighted by Gasteiger charge is -2.27. The van der Waals surface area contributed by atoms with Crippen molar-refractivity contribution in [3.63, 3.8) is 0 Å². The van der Waals surface area contributed by atoms with E-state index >= 15 is 0 Å². The molecule has 0 saturated carbocycles. The van der Waals surface area contributed by atoms with E-state index in [2.05, 4.69) is 31.9 Å². The van der Waals surface area contributed by atoms with Crippen LogP contribution in [0.3, 0.4) is 0 Å². The number of carboxylic acid groups (broad SMARTS) is 1. The predicted molar refractivity (Wildman–Crippen MR) is 101 cm³/mol. The zero-order valence-electron chi connectivity index (χ0n) is 12.2. The lowest BCUT2D eigenvalue weighted by molar-refractivity contribution is -0.312. The third-order valence-corrected chi connectivity index (χ3v) is 5.41. The fourth-order valence-electron chi connectivity index (χ4n) is 1.81. The number of carboxylic acids is 1. The first-order chi connectivity index (χ1) is 10.6. The molecular weight excluding hydrogens is 543 g/mol. The van der Waals surface area contributed by atoms with Crippen LogP contribution in [0.2, 0.25) is 0 Å². The van der Waals surface area contributed by atoms with Gasteiger partial charge >= 0.3 is 0 Å². The van der Waals surface area contributed by atoms with E-state index in [1.807, 2.05) is 22.6 Å². The number of phenols is 1. The van der Waals surface area contributed by atoms with Gasteiger partial charge in [-0.3, -0.25) is 0 Å². The number of aromatic hydroxyl groups is 1. The molecule has 0 aliphatic rings. The van der Waals surface area contributed by atoms with Crippen LogP contribution < -0.4 is 9.84 Å². The van der Waals surface area contributed by atoms with Crippen LogP contribution in [0.4, 0.5) is 0 Å². The van der Waals surface area contributed by atoms with E-state index in [0.29, 0.717) is 29.6 Å². The second kappa shape index (κ2) is 6.98. The topological polar surface area (TPSA) is 69.6 Å². The summed E-state index contributed by atoms with van der Waals surface area (Å²) in [6, 6.07) is 8.29. The van der Waals surface area contributed by atoms with Crippen molar-refractivity contribution in [2.75, 3.05) is 0 Å². The number of hydrogen-bond donors (Lipinski definition) is 1. The lowest BCUT2D eigenvalue weighted by atomic mass is 9.85. The number of aliphatic carboxylic acids is 1. The molecule has 0 heterocycles. The molecule has 0 spiro atoms. The third-order valence-electron chi connectivity index (χ3n) is 3.37. The molecule has 0 aliphatic heterocycles. The van der Waals surface area contributed by atoms with E-state index in [0.717, 1.165) is 0 Å². The van der Waals surface area contributed by atoms with Crippen molar-refractivity contribution in [2.24, 2.45) is 0 Å². The molecule has 0 radical (unpaired) electrons. The van der Waals surface area contributed by atoms with Crippen LogP contribution in [0.5, 0.6) is 17.2 Å².